The Kier molecular flexibility index (Phi) is 3.06. The highest BCUT2D eigenvalue weighted by atomic mass is 32.1. The zero-order valence-corrected chi connectivity index (χ0v) is 10.7. The summed E-state index contributed by atoms with van der Waals surface area (Å²) in [5, 5.41) is 6.03. The van der Waals surface area contributed by atoms with Crippen LogP contribution in [0, 0.1) is 5.41 Å². The first-order chi connectivity index (χ1) is 7.54. The summed E-state index contributed by atoms with van der Waals surface area (Å²) in [5.74, 6) is 0. The maximum atomic E-state index is 4.06. The summed E-state index contributed by atoms with van der Waals surface area (Å²) in [5.41, 5.74) is 3.82. The van der Waals surface area contributed by atoms with Gasteiger partial charge in [0.1, 0.15) is 5.69 Å². The molecule has 2 aromatic rings. The third kappa shape index (κ3) is 2.89. The van der Waals surface area contributed by atoms with Crippen molar-refractivity contribution in [1.29, 1.82) is 0 Å². The molecule has 0 saturated heterocycles. The minimum Gasteiger partial charge on any atom is -0.138 e. The van der Waals surface area contributed by atoms with Crippen molar-refractivity contribution in [3.05, 3.63) is 35.2 Å². The standard InChI is InChI=1S/C13H16N2S/c1-13(2,3)8-10-4-6-11(7-5-10)12-9-16-15-14-12/h4-7,9H,8H2,1-3H3. The Bertz CT molecular complexity index is 438. The van der Waals surface area contributed by atoms with Gasteiger partial charge in [-0.05, 0) is 28.9 Å². The summed E-state index contributed by atoms with van der Waals surface area (Å²) in [7, 11) is 0. The molecular formula is C13H16N2S. The maximum Gasteiger partial charge on any atom is 0.105 e. The highest BCUT2D eigenvalue weighted by Gasteiger charge is 2.11. The number of aromatic nitrogens is 2. The molecule has 16 heavy (non-hydrogen) atoms. The molecule has 84 valence electrons. The molecule has 0 amide bonds. The van der Waals surface area contributed by atoms with Crippen LogP contribution in [-0.2, 0) is 6.42 Å². The van der Waals surface area contributed by atoms with Gasteiger partial charge in [-0.15, -0.1) is 5.10 Å². The van der Waals surface area contributed by atoms with Crippen LogP contribution in [0.2, 0.25) is 0 Å². The molecule has 0 atom stereocenters. The van der Waals surface area contributed by atoms with Crippen molar-refractivity contribution in [3.63, 3.8) is 0 Å². The summed E-state index contributed by atoms with van der Waals surface area (Å²) < 4.78 is 3.87. The van der Waals surface area contributed by atoms with E-state index in [1.807, 2.05) is 5.38 Å². The van der Waals surface area contributed by atoms with Crippen molar-refractivity contribution in [2.24, 2.45) is 5.41 Å². The smallest absolute Gasteiger partial charge is 0.105 e. The Balaban J connectivity index is 2.17. The lowest BCUT2D eigenvalue weighted by atomic mass is 9.88. The molecule has 0 spiro atoms. The molecule has 0 fully saturated rings. The van der Waals surface area contributed by atoms with Gasteiger partial charge in [-0.25, -0.2) is 0 Å². The largest absolute Gasteiger partial charge is 0.138 e. The van der Waals surface area contributed by atoms with Gasteiger partial charge in [0.05, 0.1) is 0 Å². The second-order valence-corrected chi connectivity index (χ2v) is 5.83. The van der Waals surface area contributed by atoms with Crippen LogP contribution in [0.1, 0.15) is 26.3 Å². The summed E-state index contributed by atoms with van der Waals surface area (Å²) >= 11 is 1.39. The fourth-order valence-electron chi connectivity index (χ4n) is 1.70. The van der Waals surface area contributed by atoms with Crippen LogP contribution in [0.15, 0.2) is 29.6 Å². The Labute approximate surface area is 101 Å². The fraction of sp³-hybridized carbons (Fsp3) is 0.385. The van der Waals surface area contributed by atoms with Gasteiger partial charge >= 0.3 is 0 Å². The van der Waals surface area contributed by atoms with Crippen molar-refractivity contribution in [1.82, 2.24) is 9.59 Å². The van der Waals surface area contributed by atoms with Gasteiger partial charge < -0.3 is 0 Å². The first-order valence-corrected chi connectivity index (χ1v) is 6.25. The van der Waals surface area contributed by atoms with Crippen LogP contribution in [0.25, 0.3) is 11.3 Å². The van der Waals surface area contributed by atoms with Gasteiger partial charge in [0.25, 0.3) is 0 Å². The van der Waals surface area contributed by atoms with E-state index in [2.05, 4.69) is 54.6 Å². The molecule has 2 nitrogen and oxygen atoms in total. The van der Waals surface area contributed by atoms with Gasteiger partial charge in [0, 0.05) is 10.9 Å². The lowest BCUT2D eigenvalue weighted by Crippen LogP contribution is -2.08. The minimum atomic E-state index is 0.337. The molecule has 0 bridgehead atoms. The van der Waals surface area contributed by atoms with Crippen molar-refractivity contribution in [2.45, 2.75) is 27.2 Å². The molecular weight excluding hydrogens is 216 g/mol. The molecule has 0 aliphatic carbocycles. The fourth-order valence-corrected chi connectivity index (χ4v) is 2.16. The summed E-state index contributed by atoms with van der Waals surface area (Å²) in [6.07, 6.45) is 1.10. The van der Waals surface area contributed by atoms with Crippen LogP contribution in [0.5, 0.6) is 0 Å². The summed E-state index contributed by atoms with van der Waals surface area (Å²) in [6.45, 7) is 6.77. The van der Waals surface area contributed by atoms with E-state index in [1.165, 1.54) is 17.1 Å². The molecule has 3 heteroatoms. The Morgan fingerprint density at radius 2 is 1.81 bits per heavy atom. The monoisotopic (exact) mass is 232 g/mol. The topological polar surface area (TPSA) is 25.8 Å². The van der Waals surface area contributed by atoms with E-state index in [0.29, 0.717) is 5.41 Å². The van der Waals surface area contributed by atoms with E-state index >= 15 is 0 Å². The lowest BCUT2D eigenvalue weighted by molar-refractivity contribution is 0.411. The molecule has 0 N–H and O–H groups in total. The van der Waals surface area contributed by atoms with Crippen molar-refractivity contribution in [2.75, 3.05) is 0 Å². The van der Waals surface area contributed by atoms with Crippen LogP contribution >= 0.6 is 11.5 Å². The highest BCUT2D eigenvalue weighted by molar-refractivity contribution is 7.03. The van der Waals surface area contributed by atoms with E-state index in [9.17, 15) is 0 Å². The van der Waals surface area contributed by atoms with Crippen LogP contribution in [0.3, 0.4) is 0 Å². The van der Waals surface area contributed by atoms with Crippen molar-refractivity contribution in [3.8, 4) is 11.3 Å². The van der Waals surface area contributed by atoms with E-state index < -0.39 is 0 Å². The molecule has 1 aromatic heterocycles. The number of benzene rings is 1. The predicted octanol–water partition coefficient (Wildman–Crippen LogP) is 3.79. The van der Waals surface area contributed by atoms with Crippen LogP contribution < -0.4 is 0 Å². The Hall–Kier alpha value is -1.22. The van der Waals surface area contributed by atoms with E-state index in [1.54, 1.807) is 0 Å². The molecule has 0 saturated carbocycles. The van der Waals surface area contributed by atoms with E-state index in [4.69, 9.17) is 0 Å². The van der Waals surface area contributed by atoms with Gasteiger partial charge in [0.2, 0.25) is 0 Å². The highest BCUT2D eigenvalue weighted by Crippen LogP contribution is 2.23. The normalized spacial score (nSPS) is 11.7. The Morgan fingerprint density at radius 3 is 2.31 bits per heavy atom. The number of hydrogen-bond acceptors (Lipinski definition) is 3. The van der Waals surface area contributed by atoms with E-state index in [0.717, 1.165) is 17.7 Å². The van der Waals surface area contributed by atoms with Gasteiger partial charge in [-0.1, -0.05) is 49.5 Å². The van der Waals surface area contributed by atoms with E-state index in [-0.39, 0.29) is 0 Å². The first kappa shape index (κ1) is 11.3. The quantitative estimate of drug-likeness (QED) is 0.787. The second-order valence-electron chi connectivity index (χ2n) is 5.22. The summed E-state index contributed by atoms with van der Waals surface area (Å²) in [6, 6.07) is 8.61. The molecule has 0 aliphatic heterocycles. The molecule has 0 aliphatic rings. The minimum absolute atomic E-state index is 0.337. The average Bonchev–Trinajstić information content (AvgIpc) is 2.69. The number of rotatable bonds is 2. The van der Waals surface area contributed by atoms with Gasteiger partial charge in [-0.2, -0.15) is 0 Å². The molecule has 1 heterocycles. The zero-order valence-electron chi connectivity index (χ0n) is 9.90. The van der Waals surface area contributed by atoms with Crippen molar-refractivity contribution < 1.29 is 0 Å². The third-order valence-corrected chi connectivity index (χ3v) is 2.85. The van der Waals surface area contributed by atoms with Crippen LogP contribution in [-0.4, -0.2) is 9.59 Å². The molecule has 0 radical (unpaired) electrons. The zero-order chi connectivity index (χ0) is 11.6. The molecule has 0 unspecified atom stereocenters. The molecule has 1 aromatic carbocycles. The Morgan fingerprint density at radius 1 is 1.12 bits per heavy atom. The second kappa shape index (κ2) is 4.34. The summed E-state index contributed by atoms with van der Waals surface area (Å²) in [4.78, 5) is 0. The number of nitrogens with zero attached hydrogens (tertiary/aromatic N) is 2. The lowest BCUT2D eigenvalue weighted by Gasteiger charge is -2.18. The predicted molar refractivity (Wildman–Crippen MR) is 68.5 cm³/mol. The average molecular weight is 232 g/mol. The van der Waals surface area contributed by atoms with Crippen LogP contribution in [0.4, 0.5) is 0 Å². The maximum absolute atomic E-state index is 4.06. The third-order valence-electron chi connectivity index (χ3n) is 2.34. The van der Waals surface area contributed by atoms with Gasteiger partial charge in [0.15, 0.2) is 0 Å². The van der Waals surface area contributed by atoms with Crippen molar-refractivity contribution >= 4 is 11.5 Å². The molecule has 2 rings (SSSR count). The number of hydrogen-bond donors (Lipinski definition) is 0. The first-order valence-electron chi connectivity index (χ1n) is 5.41. The SMILES string of the molecule is CC(C)(C)Cc1ccc(-c2csnn2)cc1. The van der Waals surface area contributed by atoms with Gasteiger partial charge in [-0.3, -0.25) is 0 Å².